The van der Waals surface area contributed by atoms with E-state index in [1.54, 1.807) is 6.07 Å². The Morgan fingerprint density at radius 3 is 2.86 bits per heavy atom. The minimum absolute atomic E-state index is 0.0468. The number of carbonyl (C=O) groups excluding carboxylic acids is 1. The molecule has 2 aromatic rings. The smallest absolute Gasteiger partial charge is 0.408 e. The third-order valence-electron chi connectivity index (χ3n) is 3.36. The Bertz CT molecular complexity index is 786. The van der Waals surface area contributed by atoms with Crippen LogP contribution in [0.5, 0.6) is 0 Å². The normalized spacial score (nSPS) is 20.1. The highest BCUT2D eigenvalue weighted by atomic mass is 19.1. The van der Waals surface area contributed by atoms with Crippen LogP contribution in [0.2, 0.25) is 0 Å². The number of carbonyl (C=O) groups is 1. The molecule has 22 heavy (non-hydrogen) atoms. The lowest BCUT2D eigenvalue weighted by molar-refractivity contribution is 0.130. The molecule has 2 heterocycles. The van der Waals surface area contributed by atoms with Crippen LogP contribution >= 0.6 is 0 Å². The number of amides is 1. The van der Waals surface area contributed by atoms with Gasteiger partial charge < -0.3 is 10.1 Å². The van der Waals surface area contributed by atoms with Crippen LogP contribution < -0.4 is 5.32 Å². The van der Waals surface area contributed by atoms with Gasteiger partial charge in [0.2, 0.25) is 0 Å². The summed E-state index contributed by atoms with van der Waals surface area (Å²) in [6.45, 7) is 0. The number of benzene rings is 1. The van der Waals surface area contributed by atoms with Gasteiger partial charge in [-0.05, 0) is 29.8 Å². The molecular weight excluding hydrogens is 290 g/mol. The first kappa shape index (κ1) is 14.0. The predicted molar refractivity (Wildman–Crippen MR) is 73.6 cm³/mol. The van der Waals surface area contributed by atoms with Gasteiger partial charge in [0.1, 0.15) is 17.7 Å². The number of pyridine rings is 1. The topological polar surface area (TPSA) is 51.2 Å². The van der Waals surface area contributed by atoms with Gasteiger partial charge in [-0.15, -0.1) is 6.42 Å². The number of alkyl carbamates (subject to hydrolysis) is 1. The summed E-state index contributed by atoms with van der Waals surface area (Å²) in [5.74, 6) is 1.15. The van der Waals surface area contributed by atoms with Gasteiger partial charge in [0.15, 0.2) is 6.10 Å². The van der Waals surface area contributed by atoms with Crippen molar-refractivity contribution in [3.8, 4) is 12.3 Å². The van der Waals surface area contributed by atoms with Gasteiger partial charge in [-0.25, -0.2) is 13.6 Å². The van der Waals surface area contributed by atoms with Crippen LogP contribution in [0, 0.1) is 24.0 Å². The van der Waals surface area contributed by atoms with Crippen molar-refractivity contribution < 1.29 is 18.3 Å². The highest BCUT2D eigenvalue weighted by Crippen LogP contribution is 2.37. The van der Waals surface area contributed by atoms with Crippen molar-refractivity contribution in [1.29, 1.82) is 0 Å². The highest BCUT2D eigenvalue weighted by molar-refractivity contribution is 5.71. The summed E-state index contributed by atoms with van der Waals surface area (Å²) in [5, 5.41) is 2.56. The van der Waals surface area contributed by atoms with Crippen molar-refractivity contribution in [3.63, 3.8) is 0 Å². The molecule has 1 N–H and O–H groups in total. The lowest BCUT2D eigenvalue weighted by atomic mass is 9.96. The second kappa shape index (κ2) is 5.45. The third-order valence-corrected chi connectivity index (χ3v) is 3.36. The highest BCUT2D eigenvalue weighted by Gasteiger charge is 2.38. The SMILES string of the molecule is C#Cc1cncc(C2NC(=O)O[C@@H]2c2cc(F)ccc2F)c1. The number of cyclic esters (lactones) is 1. The number of ether oxygens (including phenoxy) is 1. The van der Waals surface area contributed by atoms with E-state index in [0.29, 0.717) is 11.1 Å². The zero-order valence-electron chi connectivity index (χ0n) is 11.2. The Kier molecular flexibility index (Phi) is 3.47. The molecule has 0 bridgehead atoms. The summed E-state index contributed by atoms with van der Waals surface area (Å²) in [6, 6.07) is 3.93. The summed E-state index contributed by atoms with van der Waals surface area (Å²) < 4.78 is 32.4. The Hall–Kier alpha value is -2.94. The molecule has 1 aromatic heterocycles. The fraction of sp³-hybridized carbons (Fsp3) is 0.125. The van der Waals surface area contributed by atoms with Crippen molar-refractivity contribution in [2.75, 3.05) is 0 Å². The van der Waals surface area contributed by atoms with Crippen LogP contribution in [-0.2, 0) is 4.74 Å². The van der Waals surface area contributed by atoms with Gasteiger partial charge in [0, 0.05) is 23.5 Å². The summed E-state index contributed by atoms with van der Waals surface area (Å²) in [6.07, 6.45) is 6.57. The predicted octanol–water partition coefficient (Wildman–Crippen LogP) is 2.86. The van der Waals surface area contributed by atoms with Crippen molar-refractivity contribution in [1.82, 2.24) is 10.3 Å². The van der Waals surface area contributed by atoms with Crippen LogP contribution in [0.25, 0.3) is 0 Å². The number of nitrogens with one attached hydrogen (secondary N) is 1. The van der Waals surface area contributed by atoms with E-state index in [9.17, 15) is 13.6 Å². The van der Waals surface area contributed by atoms with Gasteiger partial charge in [0.05, 0.1) is 0 Å². The molecule has 1 aliphatic heterocycles. The van der Waals surface area contributed by atoms with E-state index < -0.39 is 29.9 Å². The maximum atomic E-state index is 13.9. The van der Waals surface area contributed by atoms with E-state index in [-0.39, 0.29) is 5.56 Å². The molecule has 2 atom stereocenters. The molecule has 0 radical (unpaired) electrons. The second-order valence-electron chi connectivity index (χ2n) is 4.77. The Balaban J connectivity index is 2.04. The molecule has 1 saturated heterocycles. The molecule has 1 fully saturated rings. The lowest BCUT2D eigenvalue weighted by Gasteiger charge is -2.18. The first-order valence-corrected chi connectivity index (χ1v) is 6.42. The van der Waals surface area contributed by atoms with E-state index in [2.05, 4.69) is 16.2 Å². The van der Waals surface area contributed by atoms with E-state index in [1.807, 2.05) is 0 Å². The Morgan fingerprint density at radius 1 is 1.27 bits per heavy atom. The summed E-state index contributed by atoms with van der Waals surface area (Å²) in [4.78, 5) is 15.5. The van der Waals surface area contributed by atoms with Gasteiger partial charge in [0.25, 0.3) is 0 Å². The molecule has 110 valence electrons. The fourth-order valence-corrected chi connectivity index (χ4v) is 2.36. The average molecular weight is 300 g/mol. The number of rotatable bonds is 2. The van der Waals surface area contributed by atoms with Crippen molar-refractivity contribution in [2.45, 2.75) is 12.1 Å². The minimum atomic E-state index is -1.00. The van der Waals surface area contributed by atoms with E-state index in [4.69, 9.17) is 11.2 Å². The first-order chi connectivity index (χ1) is 10.6. The number of nitrogens with zero attached hydrogens (tertiary/aromatic N) is 1. The zero-order chi connectivity index (χ0) is 15.7. The number of halogens is 2. The monoisotopic (exact) mass is 300 g/mol. The number of hydrogen-bond donors (Lipinski definition) is 1. The van der Waals surface area contributed by atoms with Crippen molar-refractivity contribution in [3.05, 3.63) is 65.0 Å². The average Bonchev–Trinajstić information content (AvgIpc) is 2.91. The fourth-order valence-electron chi connectivity index (χ4n) is 2.36. The minimum Gasteiger partial charge on any atom is -0.439 e. The summed E-state index contributed by atoms with van der Waals surface area (Å²) in [7, 11) is 0. The third kappa shape index (κ3) is 2.49. The van der Waals surface area contributed by atoms with E-state index in [1.165, 1.54) is 12.4 Å². The molecule has 6 heteroatoms. The van der Waals surface area contributed by atoms with Gasteiger partial charge in [-0.1, -0.05) is 5.92 Å². The standard InChI is InChI=1S/C16H10F2N2O2/c1-2-9-5-10(8-19-7-9)14-15(22-16(21)20-14)12-6-11(17)3-4-13(12)18/h1,3-8,14-15H,(H,20,21)/t14?,15-/m1/s1. The van der Waals surface area contributed by atoms with Gasteiger partial charge in [-0.3, -0.25) is 4.98 Å². The molecule has 1 aromatic carbocycles. The maximum Gasteiger partial charge on any atom is 0.408 e. The maximum absolute atomic E-state index is 13.9. The molecule has 1 amide bonds. The van der Waals surface area contributed by atoms with Crippen LogP contribution in [-0.4, -0.2) is 11.1 Å². The lowest BCUT2D eigenvalue weighted by Crippen LogP contribution is -2.20. The van der Waals surface area contributed by atoms with E-state index >= 15 is 0 Å². The Labute approximate surface area is 125 Å². The molecular formula is C16H10F2N2O2. The Morgan fingerprint density at radius 2 is 2.09 bits per heavy atom. The van der Waals surface area contributed by atoms with Crippen LogP contribution in [0.4, 0.5) is 13.6 Å². The number of hydrogen-bond acceptors (Lipinski definition) is 3. The summed E-state index contributed by atoms with van der Waals surface area (Å²) in [5.41, 5.74) is 1.02. The summed E-state index contributed by atoms with van der Waals surface area (Å²) >= 11 is 0. The molecule has 1 aliphatic rings. The van der Waals surface area contributed by atoms with E-state index in [0.717, 1.165) is 18.2 Å². The molecule has 3 rings (SSSR count). The molecule has 0 saturated carbocycles. The van der Waals surface area contributed by atoms with Crippen LogP contribution in [0.1, 0.15) is 28.8 Å². The molecule has 0 spiro atoms. The quantitative estimate of drug-likeness (QED) is 0.868. The molecule has 0 aliphatic carbocycles. The zero-order valence-corrected chi connectivity index (χ0v) is 11.2. The van der Waals surface area contributed by atoms with Crippen molar-refractivity contribution >= 4 is 6.09 Å². The molecule has 4 nitrogen and oxygen atoms in total. The van der Waals surface area contributed by atoms with Crippen molar-refractivity contribution in [2.24, 2.45) is 0 Å². The van der Waals surface area contributed by atoms with Crippen LogP contribution in [0.15, 0.2) is 36.7 Å². The van der Waals surface area contributed by atoms with Gasteiger partial charge >= 0.3 is 6.09 Å². The molecule has 1 unspecified atom stereocenters. The largest absolute Gasteiger partial charge is 0.439 e. The second-order valence-corrected chi connectivity index (χ2v) is 4.77. The van der Waals surface area contributed by atoms with Crippen LogP contribution in [0.3, 0.4) is 0 Å². The van der Waals surface area contributed by atoms with Gasteiger partial charge in [-0.2, -0.15) is 0 Å². The first-order valence-electron chi connectivity index (χ1n) is 6.42. The number of terminal acetylenes is 1. The number of aromatic nitrogens is 1.